The lowest BCUT2D eigenvalue weighted by atomic mass is 10.1. The molecule has 0 bridgehead atoms. The number of fused-ring (bicyclic) bond motifs is 1. The molecule has 4 rings (SSSR count). The molecule has 1 aliphatic heterocycles. The largest absolute Gasteiger partial charge is 0.449 e. The van der Waals surface area contributed by atoms with Crippen molar-refractivity contribution in [2.75, 3.05) is 23.3 Å². The number of anilines is 2. The Labute approximate surface area is 198 Å². The van der Waals surface area contributed by atoms with Crippen molar-refractivity contribution >= 4 is 45.9 Å². The molecule has 178 valence electrons. The first-order valence-electron chi connectivity index (χ1n) is 10.7. The number of rotatable bonds is 5. The number of pyridine rings is 1. The van der Waals surface area contributed by atoms with Gasteiger partial charge in [-0.25, -0.2) is 9.78 Å². The fourth-order valence-electron chi connectivity index (χ4n) is 3.80. The molecule has 0 spiro atoms. The molecular formula is C24H21ClF3N3O3. The minimum atomic E-state index is -4.73. The van der Waals surface area contributed by atoms with Gasteiger partial charge in [0.15, 0.2) is 6.10 Å². The zero-order valence-corrected chi connectivity index (χ0v) is 18.9. The van der Waals surface area contributed by atoms with Crippen molar-refractivity contribution in [1.82, 2.24) is 4.98 Å². The third kappa shape index (κ3) is 5.09. The lowest BCUT2D eigenvalue weighted by Gasteiger charge is -2.21. The van der Waals surface area contributed by atoms with E-state index in [4.69, 9.17) is 16.3 Å². The molecule has 34 heavy (non-hydrogen) atoms. The molecule has 0 radical (unpaired) electrons. The molecule has 1 saturated heterocycles. The lowest BCUT2D eigenvalue weighted by Crippen LogP contribution is -2.31. The van der Waals surface area contributed by atoms with Crippen molar-refractivity contribution in [2.45, 2.75) is 32.0 Å². The molecule has 3 aromatic rings. The number of alkyl halides is 3. The van der Waals surface area contributed by atoms with E-state index in [1.807, 2.05) is 29.2 Å². The molecule has 10 heteroatoms. The van der Waals surface area contributed by atoms with Gasteiger partial charge in [0.1, 0.15) is 11.4 Å². The van der Waals surface area contributed by atoms with Crippen LogP contribution in [-0.4, -0.2) is 36.1 Å². The third-order valence-corrected chi connectivity index (χ3v) is 5.76. The van der Waals surface area contributed by atoms with Gasteiger partial charge in [0.05, 0.1) is 16.8 Å². The maximum absolute atomic E-state index is 13.3. The first kappa shape index (κ1) is 23.8. The maximum atomic E-state index is 13.3. The Kier molecular flexibility index (Phi) is 6.65. The molecule has 1 atom stereocenters. The minimum absolute atomic E-state index is 0.122. The van der Waals surface area contributed by atoms with E-state index in [1.165, 1.54) is 13.0 Å². The summed E-state index contributed by atoms with van der Waals surface area (Å²) >= 11 is 5.68. The molecule has 2 heterocycles. The summed E-state index contributed by atoms with van der Waals surface area (Å²) in [6, 6.07) is 12.0. The number of hydrogen-bond donors (Lipinski definition) is 1. The second kappa shape index (κ2) is 9.50. The van der Waals surface area contributed by atoms with Crippen LogP contribution in [0.5, 0.6) is 0 Å². The Balaban J connectivity index is 1.56. The quantitative estimate of drug-likeness (QED) is 0.464. The summed E-state index contributed by atoms with van der Waals surface area (Å²) in [5, 5.41) is 2.78. The predicted octanol–water partition coefficient (Wildman–Crippen LogP) is 5.69. The number of ether oxygens (including phenoxy) is 1. The predicted molar refractivity (Wildman–Crippen MR) is 123 cm³/mol. The normalized spacial score (nSPS) is 14.8. The average Bonchev–Trinajstić information content (AvgIpc) is 3.33. The topological polar surface area (TPSA) is 71.5 Å². The van der Waals surface area contributed by atoms with E-state index < -0.39 is 35.4 Å². The Morgan fingerprint density at radius 3 is 2.53 bits per heavy atom. The Morgan fingerprint density at radius 2 is 1.82 bits per heavy atom. The van der Waals surface area contributed by atoms with Crippen LogP contribution in [0.1, 0.15) is 35.7 Å². The molecule has 1 fully saturated rings. The maximum Gasteiger partial charge on any atom is 0.418 e. The first-order chi connectivity index (χ1) is 16.1. The molecule has 1 aromatic heterocycles. The first-order valence-corrected chi connectivity index (χ1v) is 11.0. The van der Waals surface area contributed by atoms with E-state index in [-0.39, 0.29) is 10.6 Å². The van der Waals surface area contributed by atoms with Gasteiger partial charge < -0.3 is 15.0 Å². The van der Waals surface area contributed by atoms with Crippen LogP contribution < -0.4 is 10.2 Å². The van der Waals surface area contributed by atoms with Gasteiger partial charge in [0, 0.05) is 23.5 Å². The summed E-state index contributed by atoms with van der Waals surface area (Å²) in [6.07, 6.45) is -4.16. The molecule has 1 N–H and O–H groups in total. The number of halogens is 4. The highest BCUT2D eigenvalue weighted by molar-refractivity contribution is 6.30. The van der Waals surface area contributed by atoms with Crippen LogP contribution in [0.3, 0.4) is 0 Å². The van der Waals surface area contributed by atoms with Crippen LogP contribution in [0.4, 0.5) is 24.7 Å². The number of nitrogens with one attached hydrogen (secondary N) is 1. The van der Waals surface area contributed by atoms with E-state index in [2.05, 4.69) is 10.3 Å². The zero-order valence-electron chi connectivity index (χ0n) is 18.2. The summed E-state index contributed by atoms with van der Waals surface area (Å²) in [5.74, 6) is -1.22. The van der Waals surface area contributed by atoms with Gasteiger partial charge in [0.25, 0.3) is 5.91 Å². The van der Waals surface area contributed by atoms with Crippen molar-refractivity contribution in [3.8, 4) is 0 Å². The molecular weight excluding hydrogens is 471 g/mol. The summed E-state index contributed by atoms with van der Waals surface area (Å²) < 4.78 is 45.3. The molecule has 0 aliphatic carbocycles. The van der Waals surface area contributed by atoms with Gasteiger partial charge >= 0.3 is 12.1 Å². The highest BCUT2D eigenvalue weighted by atomic mass is 35.5. The number of amides is 1. The van der Waals surface area contributed by atoms with Gasteiger partial charge in [-0.1, -0.05) is 29.8 Å². The minimum Gasteiger partial charge on any atom is -0.449 e. The van der Waals surface area contributed by atoms with E-state index >= 15 is 0 Å². The Hall–Kier alpha value is -3.33. The van der Waals surface area contributed by atoms with Gasteiger partial charge in [0.2, 0.25) is 0 Å². The fraction of sp³-hybridized carbons (Fsp3) is 0.292. The van der Waals surface area contributed by atoms with Crippen molar-refractivity contribution in [2.24, 2.45) is 0 Å². The molecule has 0 saturated carbocycles. The van der Waals surface area contributed by atoms with Crippen LogP contribution in [0.2, 0.25) is 5.02 Å². The number of para-hydroxylation sites is 1. The van der Waals surface area contributed by atoms with E-state index in [9.17, 15) is 22.8 Å². The van der Waals surface area contributed by atoms with Gasteiger partial charge in [-0.2, -0.15) is 13.2 Å². The Morgan fingerprint density at radius 1 is 1.12 bits per heavy atom. The fourth-order valence-corrected chi connectivity index (χ4v) is 3.97. The highest BCUT2D eigenvalue weighted by Gasteiger charge is 2.35. The smallest absolute Gasteiger partial charge is 0.418 e. The second-order valence-corrected chi connectivity index (χ2v) is 8.41. The number of nitrogens with zero attached hydrogens (tertiary/aromatic N) is 2. The summed E-state index contributed by atoms with van der Waals surface area (Å²) in [7, 11) is 0. The van der Waals surface area contributed by atoms with Gasteiger partial charge in [-0.3, -0.25) is 4.79 Å². The molecule has 2 aromatic carbocycles. The van der Waals surface area contributed by atoms with Crippen molar-refractivity contribution in [3.63, 3.8) is 0 Å². The van der Waals surface area contributed by atoms with Crippen LogP contribution in [-0.2, 0) is 15.7 Å². The number of hydrogen-bond acceptors (Lipinski definition) is 5. The number of carbonyl (C=O) groups excluding carboxylic acids is 2. The highest BCUT2D eigenvalue weighted by Crippen LogP contribution is 2.36. The van der Waals surface area contributed by atoms with Crippen LogP contribution in [0.15, 0.2) is 48.5 Å². The number of aromatic nitrogens is 1. The van der Waals surface area contributed by atoms with Crippen molar-refractivity contribution < 1.29 is 27.5 Å². The molecule has 1 amide bonds. The average molecular weight is 492 g/mol. The van der Waals surface area contributed by atoms with Crippen LogP contribution in [0.25, 0.3) is 10.9 Å². The van der Waals surface area contributed by atoms with E-state index in [0.717, 1.165) is 43.5 Å². The van der Waals surface area contributed by atoms with E-state index in [1.54, 1.807) is 6.07 Å². The number of esters is 1. The van der Waals surface area contributed by atoms with Gasteiger partial charge in [-0.15, -0.1) is 0 Å². The SMILES string of the molecule is CC(OC(=O)c1cc2ccccc2nc1N1CCCC1)C(=O)Nc1ccc(Cl)cc1C(F)(F)F. The lowest BCUT2D eigenvalue weighted by molar-refractivity contribution is -0.137. The summed E-state index contributed by atoms with van der Waals surface area (Å²) in [5.41, 5.74) is -0.659. The number of benzene rings is 2. The second-order valence-electron chi connectivity index (χ2n) is 7.97. The summed E-state index contributed by atoms with van der Waals surface area (Å²) in [4.78, 5) is 32.2. The standard InChI is InChI=1S/C24H21ClF3N3O3/c1-14(22(32)30-20-9-8-16(25)13-18(20)24(26,27)28)34-23(33)17-12-15-6-2-3-7-19(15)29-21(17)31-10-4-5-11-31/h2-3,6-9,12-14H,4-5,10-11H2,1H3,(H,30,32). The third-order valence-electron chi connectivity index (χ3n) is 5.53. The van der Waals surface area contributed by atoms with Crippen LogP contribution in [0, 0.1) is 0 Å². The van der Waals surface area contributed by atoms with Crippen molar-refractivity contribution in [3.05, 3.63) is 64.7 Å². The van der Waals surface area contributed by atoms with E-state index in [0.29, 0.717) is 11.3 Å². The Bertz CT molecular complexity index is 1240. The monoisotopic (exact) mass is 491 g/mol. The van der Waals surface area contributed by atoms with Crippen LogP contribution >= 0.6 is 11.6 Å². The molecule has 6 nitrogen and oxygen atoms in total. The number of carbonyl (C=O) groups is 2. The molecule has 1 unspecified atom stereocenters. The zero-order chi connectivity index (χ0) is 24.5. The van der Waals surface area contributed by atoms with Gasteiger partial charge in [-0.05, 0) is 50.1 Å². The van der Waals surface area contributed by atoms with Crippen molar-refractivity contribution in [1.29, 1.82) is 0 Å². The summed E-state index contributed by atoms with van der Waals surface area (Å²) in [6.45, 7) is 2.76. The molecule has 1 aliphatic rings.